The van der Waals surface area contributed by atoms with E-state index in [1.807, 2.05) is 64.9 Å². The molecule has 5 nitrogen and oxygen atoms in total. The molecule has 1 atom stereocenters. The van der Waals surface area contributed by atoms with Crippen molar-refractivity contribution in [1.82, 2.24) is 9.88 Å². The van der Waals surface area contributed by atoms with Crippen molar-refractivity contribution in [1.29, 1.82) is 0 Å². The summed E-state index contributed by atoms with van der Waals surface area (Å²) in [7, 11) is 0. The molecule has 0 aliphatic carbocycles. The second-order valence-electron chi connectivity index (χ2n) is 7.59. The summed E-state index contributed by atoms with van der Waals surface area (Å²) < 4.78 is 11.3. The Kier molecular flexibility index (Phi) is 7.47. The van der Waals surface area contributed by atoms with Crippen LogP contribution in [-0.2, 0) is 22.6 Å². The quantitative estimate of drug-likeness (QED) is 0.454. The molecule has 1 saturated heterocycles. The molecule has 0 saturated carbocycles. The monoisotopic (exact) mass is 434 g/mol. The minimum atomic E-state index is -0.0289. The molecule has 1 aliphatic rings. The summed E-state index contributed by atoms with van der Waals surface area (Å²) in [6.45, 7) is 3.30. The largest absolute Gasteiger partial charge is 0.493 e. The van der Waals surface area contributed by atoms with Gasteiger partial charge in [-0.25, -0.2) is 0 Å². The summed E-state index contributed by atoms with van der Waals surface area (Å²) in [6, 6.07) is 15.8. The first-order valence-corrected chi connectivity index (χ1v) is 11.3. The van der Waals surface area contributed by atoms with Gasteiger partial charge in [-0.05, 0) is 53.3 Å². The van der Waals surface area contributed by atoms with Gasteiger partial charge >= 0.3 is 0 Å². The van der Waals surface area contributed by atoms with Crippen molar-refractivity contribution < 1.29 is 14.3 Å². The predicted molar refractivity (Wildman–Crippen MR) is 123 cm³/mol. The maximum Gasteiger partial charge on any atom is 0.247 e. The minimum Gasteiger partial charge on any atom is -0.493 e. The summed E-state index contributed by atoms with van der Waals surface area (Å²) in [6.07, 6.45) is 8.11. The van der Waals surface area contributed by atoms with Crippen LogP contribution in [0.4, 0.5) is 0 Å². The van der Waals surface area contributed by atoms with E-state index >= 15 is 0 Å². The summed E-state index contributed by atoms with van der Waals surface area (Å²) in [4.78, 5) is 20.0. The number of aromatic nitrogens is 1. The zero-order valence-electron chi connectivity index (χ0n) is 17.4. The average Bonchev–Trinajstić information content (AvgIpc) is 3.51. The van der Waals surface area contributed by atoms with E-state index in [1.165, 1.54) is 0 Å². The molecule has 31 heavy (non-hydrogen) atoms. The van der Waals surface area contributed by atoms with Crippen LogP contribution in [0.25, 0.3) is 6.08 Å². The lowest BCUT2D eigenvalue weighted by atomic mass is 10.1. The minimum absolute atomic E-state index is 0.0289. The third-order valence-electron chi connectivity index (χ3n) is 5.15. The highest BCUT2D eigenvalue weighted by molar-refractivity contribution is 7.10. The van der Waals surface area contributed by atoms with Crippen LogP contribution in [0.2, 0.25) is 0 Å². The zero-order chi connectivity index (χ0) is 21.3. The van der Waals surface area contributed by atoms with Crippen LogP contribution in [0.15, 0.2) is 72.4 Å². The third kappa shape index (κ3) is 6.51. The summed E-state index contributed by atoms with van der Waals surface area (Å²) in [5.41, 5.74) is 2.05. The van der Waals surface area contributed by atoms with Crippen molar-refractivity contribution in [3.05, 3.63) is 88.4 Å². The highest BCUT2D eigenvalue weighted by Gasteiger charge is 2.16. The van der Waals surface area contributed by atoms with Gasteiger partial charge in [0.2, 0.25) is 5.91 Å². The number of hydrogen-bond acceptors (Lipinski definition) is 5. The Bertz CT molecular complexity index is 966. The van der Waals surface area contributed by atoms with E-state index in [2.05, 4.69) is 4.98 Å². The zero-order valence-corrected chi connectivity index (χ0v) is 18.2. The Labute approximate surface area is 187 Å². The highest BCUT2D eigenvalue weighted by atomic mass is 32.1. The molecule has 6 heteroatoms. The van der Waals surface area contributed by atoms with E-state index in [0.29, 0.717) is 25.6 Å². The number of hydrogen-bond donors (Lipinski definition) is 0. The van der Waals surface area contributed by atoms with Gasteiger partial charge in [0.05, 0.1) is 13.2 Å². The van der Waals surface area contributed by atoms with Gasteiger partial charge in [-0.15, -0.1) is 11.3 Å². The van der Waals surface area contributed by atoms with Gasteiger partial charge in [0.25, 0.3) is 0 Å². The molecule has 160 valence electrons. The van der Waals surface area contributed by atoms with Crippen molar-refractivity contribution in [2.75, 3.05) is 19.8 Å². The predicted octanol–water partition coefficient (Wildman–Crippen LogP) is 4.80. The molecule has 3 aromatic rings. The Morgan fingerprint density at radius 2 is 2.03 bits per heavy atom. The molecular formula is C25H26N2O3S. The van der Waals surface area contributed by atoms with Crippen molar-refractivity contribution in [2.45, 2.75) is 19.5 Å². The molecule has 1 amide bonds. The number of rotatable bonds is 9. The molecule has 3 heterocycles. The number of carbonyl (C=O) groups is 1. The Hall–Kier alpha value is -2.96. The van der Waals surface area contributed by atoms with Crippen LogP contribution in [0, 0.1) is 5.92 Å². The third-order valence-corrected chi connectivity index (χ3v) is 5.99. The second-order valence-corrected chi connectivity index (χ2v) is 8.57. The van der Waals surface area contributed by atoms with Gasteiger partial charge in [-0.1, -0.05) is 24.3 Å². The average molecular weight is 435 g/mol. The summed E-state index contributed by atoms with van der Waals surface area (Å²) in [5, 5.41) is 2.00. The number of carbonyl (C=O) groups excluding carboxylic acids is 1. The van der Waals surface area contributed by atoms with Crippen LogP contribution < -0.4 is 4.74 Å². The lowest BCUT2D eigenvalue weighted by molar-refractivity contribution is -0.127. The second kappa shape index (κ2) is 10.9. The standard InChI is InChI=1S/C25H26N2O3S/c28-25(10-9-24-4-2-14-31-24)27(17-21-3-1-12-26-15-21)16-20-5-7-23(8-6-20)30-19-22-11-13-29-18-22/h1-10,12,14-15,22H,11,13,16-19H2/b10-9+/t22-/m0/s1. The van der Waals surface area contributed by atoms with E-state index in [9.17, 15) is 4.79 Å². The Balaban J connectivity index is 1.41. The van der Waals surface area contributed by atoms with Gasteiger partial charge < -0.3 is 14.4 Å². The molecule has 0 unspecified atom stereocenters. The van der Waals surface area contributed by atoms with E-state index < -0.39 is 0 Å². The molecule has 2 aromatic heterocycles. The number of nitrogens with zero attached hydrogens (tertiary/aromatic N) is 2. The molecule has 1 aromatic carbocycles. The van der Waals surface area contributed by atoms with Gasteiger partial charge in [-0.2, -0.15) is 0 Å². The van der Waals surface area contributed by atoms with Crippen LogP contribution in [0.1, 0.15) is 22.4 Å². The highest BCUT2D eigenvalue weighted by Crippen LogP contribution is 2.19. The van der Waals surface area contributed by atoms with Gasteiger partial charge in [0.15, 0.2) is 0 Å². The number of ether oxygens (including phenoxy) is 2. The number of amides is 1. The van der Waals surface area contributed by atoms with Crippen LogP contribution in [-0.4, -0.2) is 35.6 Å². The van der Waals surface area contributed by atoms with Crippen molar-refractivity contribution >= 4 is 23.3 Å². The first-order valence-electron chi connectivity index (χ1n) is 10.4. The summed E-state index contributed by atoms with van der Waals surface area (Å²) in [5.74, 6) is 1.29. The molecule has 0 bridgehead atoms. The normalized spacial score (nSPS) is 15.9. The van der Waals surface area contributed by atoms with Gasteiger partial charge in [0, 0.05) is 49.0 Å². The number of benzene rings is 1. The van der Waals surface area contributed by atoms with Crippen molar-refractivity contribution in [3.8, 4) is 5.75 Å². The fraction of sp³-hybridized carbons (Fsp3) is 0.280. The fourth-order valence-corrected chi connectivity index (χ4v) is 4.03. The van der Waals surface area contributed by atoms with E-state index in [0.717, 1.165) is 41.4 Å². The van der Waals surface area contributed by atoms with Crippen LogP contribution >= 0.6 is 11.3 Å². The summed E-state index contributed by atoms with van der Waals surface area (Å²) >= 11 is 1.61. The maximum absolute atomic E-state index is 13.0. The first-order chi connectivity index (χ1) is 15.3. The molecule has 1 aliphatic heterocycles. The smallest absolute Gasteiger partial charge is 0.247 e. The molecule has 4 rings (SSSR count). The van der Waals surface area contributed by atoms with E-state index in [4.69, 9.17) is 9.47 Å². The van der Waals surface area contributed by atoms with Crippen molar-refractivity contribution in [2.24, 2.45) is 5.92 Å². The molecule has 0 spiro atoms. The van der Waals surface area contributed by atoms with Crippen molar-refractivity contribution in [3.63, 3.8) is 0 Å². The van der Waals surface area contributed by atoms with Crippen LogP contribution in [0.3, 0.4) is 0 Å². The topological polar surface area (TPSA) is 51.7 Å². The lowest BCUT2D eigenvalue weighted by Gasteiger charge is -2.22. The molecular weight excluding hydrogens is 408 g/mol. The fourth-order valence-electron chi connectivity index (χ4n) is 3.41. The maximum atomic E-state index is 13.0. The molecule has 0 N–H and O–H groups in total. The first kappa shape index (κ1) is 21.3. The van der Waals surface area contributed by atoms with Gasteiger partial charge in [0.1, 0.15) is 5.75 Å². The number of thiophene rings is 1. The SMILES string of the molecule is O=C(/C=C/c1cccs1)N(Cc1ccc(OC[C@H]2CCOC2)cc1)Cc1cccnc1. The van der Waals surface area contributed by atoms with E-state index in [1.54, 1.807) is 29.8 Å². The molecule has 0 radical (unpaired) electrons. The van der Waals surface area contributed by atoms with Gasteiger partial charge in [-0.3, -0.25) is 9.78 Å². The van der Waals surface area contributed by atoms with Crippen LogP contribution in [0.5, 0.6) is 5.75 Å². The van der Waals surface area contributed by atoms with E-state index in [-0.39, 0.29) is 5.91 Å². The lowest BCUT2D eigenvalue weighted by Crippen LogP contribution is -2.28. The molecule has 1 fully saturated rings. The Morgan fingerprint density at radius 3 is 2.74 bits per heavy atom. The Morgan fingerprint density at radius 1 is 1.16 bits per heavy atom. The number of pyridine rings is 1.